The van der Waals surface area contributed by atoms with Crippen molar-refractivity contribution in [1.29, 1.82) is 0 Å². The van der Waals surface area contributed by atoms with Crippen LogP contribution in [0.4, 0.5) is 0 Å². The molecule has 2 rings (SSSR count). The third-order valence-corrected chi connectivity index (χ3v) is 6.53. The van der Waals surface area contributed by atoms with Gasteiger partial charge in [-0.2, -0.15) is 11.8 Å². The van der Waals surface area contributed by atoms with Gasteiger partial charge in [0.15, 0.2) is 0 Å². The zero-order chi connectivity index (χ0) is 29.7. The largest absolute Gasteiger partial charge is 0.508 e. The molecule has 2 aromatic carbocycles. The number of phenols is 1. The van der Waals surface area contributed by atoms with Gasteiger partial charge in [-0.05, 0) is 48.1 Å². The minimum atomic E-state index is -1.61. The number of carboxylic acid groups (broad SMARTS) is 2. The zero-order valence-corrected chi connectivity index (χ0v) is 22.7. The van der Waals surface area contributed by atoms with E-state index in [0.29, 0.717) is 11.3 Å². The van der Waals surface area contributed by atoms with Crippen molar-refractivity contribution < 1.29 is 39.3 Å². The van der Waals surface area contributed by atoms with E-state index in [1.165, 1.54) is 36.0 Å². The Morgan fingerprint density at radius 3 is 1.90 bits per heavy atom. The molecule has 0 heterocycles. The van der Waals surface area contributed by atoms with Crippen LogP contribution in [-0.2, 0) is 36.8 Å². The molecule has 3 amide bonds. The second kappa shape index (κ2) is 16.1. The van der Waals surface area contributed by atoms with E-state index in [-0.39, 0.29) is 25.0 Å². The summed E-state index contributed by atoms with van der Waals surface area (Å²) in [5.74, 6) is -4.74. The fourth-order valence-electron chi connectivity index (χ4n) is 3.74. The topological polar surface area (TPSA) is 208 Å². The van der Waals surface area contributed by atoms with Crippen LogP contribution in [0.5, 0.6) is 5.75 Å². The third kappa shape index (κ3) is 10.9. The highest BCUT2D eigenvalue weighted by atomic mass is 32.2. The number of nitrogens with one attached hydrogen (secondary N) is 3. The molecule has 0 aliphatic heterocycles. The van der Waals surface area contributed by atoms with Crippen molar-refractivity contribution in [2.75, 3.05) is 12.0 Å². The number of phenolic OH excluding ortho intramolecular Hbond substituents is 1. The van der Waals surface area contributed by atoms with Crippen LogP contribution in [0.3, 0.4) is 0 Å². The van der Waals surface area contributed by atoms with E-state index in [4.69, 9.17) is 5.73 Å². The molecule has 0 aromatic heterocycles. The monoisotopic (exact) mass is 574 g/mol. The number of nitrogens with two attached hydrogens (primary N) is 1. The van der Waals surface area contributed by atoms with E-state index in [1.54, 1.807) is 6.26 Å². The lowest BCUT2D eigenvalue weighted by atomic mass is 10.0. The number of hydrogen-bond donors (Lipinski definition) is 7. The lowest BCUT2D eigenvalue weighted by molar-refractivity contribution is -0.143. The smallest absolute Gasteiger partial charge is 0.326 e. The van der Waals surface area contributed by atoms with Gasteiger partial charge in [0.25, 0.3) is 0 Å². The molecule has 0 saturated carbocycles. The molecule has 4 unspecified atom stereocenters. The van der Waals surface area contributed by atoms with Crippen LogP contribution in [0.2, 0.25) is 0 Å². The maximum atomic E-state index is 13.1. The first-order chi connectivity index (χ1) is 19.0. The molecule has 0 bridgehead atoms. The molecule has 0 radical (unpaired) electrons. The number of aliphatic carboxylic acids is 2. The Balaban J connectivity index is 2.12. The summed E-state index contributed by atoms with van der Waals surface area (Å²) < 4.78 is 0. The van der Waals surface area contributed by atoms with Crippen molar-refractivity contribution in [1.82, 2.24) is 16.0 Å². The first-order valence-electron chi connectivity index (χ1n) is 12.4. The van der Waals surface area contributed by atoms with Crippen LogP contribution < -0.4 is 21.7 Å². The van der Waals surface area contributed by atoms with Crippen molar-refractivity contribution in [3.8, 4) is 5.75 Å². The number of amides is 3. The van der Waals surface area contributed by atoms with Gasteiger partial charge < -0.3 is 37.0 Å². The Morgan fingerprint density at radius 2 is 1.32 bits per heavy atom. The Hall–Kier alpha value is -4.10. The van der Waals surface area contributed by atoms with E-state index in [9.17, 15) is 39.3 Å². The number of carbonyl (C=O) groups is 5. The van der Waals surface area contributed by atoms with Crippen molar-refractivity contribution in [3.05, 3.63) is 65.7 Å². The number of rotatable bonds is 16. The molecule has 4 atom stereocenters. The fourth-order valence-corrected chi connectivity index (χ4v) is 4.21. The molecule has 0 saturated heterocycles. The van der Waals surface area contributed by atoms with Crippen LogP contribution in [0.15, 0.2) is 54.6 Å². The van der Waals surface area contributed by atoms with Gasteiger partial charge in [-0.1, -0.05) is 42.5 Å². The van der Waals surface area contributed by atoms with Gasteiger partial charge in [-0.25, -0.2) is 4.79 Å². The Morgan fingerprint density at radius 1 is 0.775 bits per heavy atom. The summed E-state index contributed by atoms with van der Waals surface area (Å²) in [5, 5.41) is 35.5. The van der Waals surface area contributed by atoms with Gasteiger partial charge >= 0.3 is 11.9 Å². The molecule has 0 aliphatic carbocycles. The lowest BCUT2D eigenvalue weighted by Crippen LogP contribution is -2.58. The van der Waals surface area contributed by atoms with Gasteiger partial charge in [0.1, 0.15) is 23.9 Å². The Labute approximate surface area is 235 Å². The van der Waals surface area contributed by atoms with E-state index < -0.39 is 60.2 Å². The van der Waals surface area contributed by atoms with Crippen molar-refractivity contribution in [2.45, 2.75) is 49.9 Å². The summed E-state index contributed by atoms with van der Waals surface area (Å²) in [6, 6.07) is 9.63. The minimum absolute atomic E-state index is 0.0203. The van der Waals surface area contributed by atoms with Gasteiger partial charge in [0.05, 0.1) is 12.5 Å². The normalized spacial score (nSPS) is 13.8. The molecule has 0 fully saturated rings. The molecule has 216 valence electrons. The van der Waals surface area contributed by atoms with Crippen LogP contribution in [0.1, 0.15) is 24.0 Å². The highest BCUT2D eigenvalue weighted by Crippen LogP contribution is 2.12. The third-order valence-electron chi connectivity index (χ3n) is 5.88. The summed E-state index contributed by atoms with van der Waals surface area (Å²) in [4.78, 5) is 62.1. The molecule has 0 spiro atoms. The average Bonchev–Trinajstić information content (AvgIpc) is 2.91. The summed E-state index contributed by atoms with van der Waals surface area (Å²) in [5.41, 5.74) is 7.36. The first-order valence-corrected chi connectivity index (χ1v) is 13.8. The summed E-state index contributed by atoms with van der Waals surface area (Å²) in [6.07, 6.45) is 1.24. The number of benzene rings is 2. The highest BCUT2D eigenvalue weighted by molar-refractivity contribution is 7.98. The molecule has 13 heteroatoms. The number of aromatic hydroxyl groups is 1. The molecule has 2 aromatic rings. The second-order valence-corrected chi connectivity index (χ2v) is 10.1. The molecular formula is C27H34N4O8S. The highest BCUT2D eigenvalue weighted by Gasteiger charge is 2.31. The van der Waals surface area contributed by atoms with Crippen LogP contribution in [0.25, 0.3) is 0 Å². The zero-order valence-electron chi connectivity index (χ0n) is 21.9. The second-order valence-electron chi connectivity index (χ2n) is 9.07. The van der Waals surface area contributed by atoms with Crippen LogP contribution in [-0.4, -0.2) is 81.2 Å². The minimum Gasteiger partial charge on any atom is -0.508 e. The van der Waals surface area contributed by atoms with Crippen molar-refractivity contribution >= 4 is 41.4 Å². The van der Waals surface area contributed by atoms with Gasteiger partial charge in [-0.15, -0.1) is 0 Å². The molecule has 12 nitrogen and oxygen atoms in total. The molecule has 0 aliphatic rings. The van der Waals surface area contributed by atoms with Crippen molar-refractivity contribution in [3.63, 3.8) is 0 Å². The van der Waals surface area contributed by atoms with E-state index in [1.807, 2.05) is 30.3 Å². The van der Waals surface area contributed by atoms with Gasteiger partial charge in [0.2, 0.25) is 17.7 Å². The maximum absolute atomic E-state index is 13.1. The van der Waals surface area contributed by atoms with Gasteiger partial charge in [0, 0.05) is 6.42 Å². The number of carboxylic acids is 2. The first kappa shape index (κ1) is 32.1. The van der Waals surface area contributed by atoms with Crippen LogP contribution >= 0.6 is 11.8 Å². The summed E-state index contributed by atoms with van der Waals surface area (Å²) in [6.45, 7) is 0. The summed E-state index contributed by atoms with van der Waals surface area (Å²) in [7, 11) is 0. The predicted octanol–water partition coefficient (Wildman–Crippen LogP) is 0.272. The average molecular weight is 575 g/mol. The summed E-state index contributed by atoms with van der Waals surface area (Å²) >= 11 is 1.42. The lowest BCUT2D eigenvalue weighted by Gasteiger charge is -2.24. The number of hydrogen-bond acceptors (Lipinski definition) is 8. The van der Waals surface area contributed by atoms with E-state index >= 15 is 0 Å². The van der Waals surface area contributed by atoms with Gasteiger partial charge in [-0.3, -0.25) is 19.2 Å². The van der Waals surface area contributed by atoms with E-state index in [2.05, 4.69) is 16.0 Å². The molecule has 8 N–H and O–H groups in total. The fraction of sp³-hybridized carbons (Fsp3) is 0.370. The Kier molecular flexibility index (Phi) is 12.9. The number of carbonyl (C=O) groups excluding carboxylic acids is 3. The van der Waals surface area contributed by atoms with E-state index in [0.717, 1.165) is 5.56 Å². The standard InChI is InChI=1S/C27H34N4O8S/c1-40-12-11-20(29-24(35)19(28)13-16-5-3-2-4-6-16)25(36)30-21(15-23(33)34)26(37)31-22(27(38)39)14-17-7-9-18(32)10-8-17/h2-10,19-22,32H,11-15,28H2,1H3,(H,29,35)(H,30,36)(H,31,37)(H,33,34)(H,38,39). The quantitative estimate of drug-likeness (QED) is 0.146. The van der Waals surface area contributed by atoms with Crippen LogP contribution in [0, 0.1) is 0 Å². The molecular weight excluding hydrogens is 540 g/mol. The SMILES string of the molecule is CSCCC(NC(=O)C(N)Cc1ccccc1)C(=O)NC(CC(=O)O)C(=O)NC(Cc1ccc(O)cc1)C(=O)O. The van der Waals surface area contributed by atoms with Crippen molar-refractivity contribution in [2.24, 2.45) is 5.73 Å². The Bertz CT molecular complexity index is 1160. The maximum Gasteiger partial charge on any atom is 0.326 e. The molecule has 40 heavy (non-hydrogen) atoms. The predicted molar refractivity (Wildman–Crippen MR) is 149 cm³/mol. The number of thioether (sulfide) groups is 1.